The lowest BCUT2D eigenvalue weighted by atomic mass is 9.98. The summed E-state index contributed by atoms with van der Waals surface area (Å²) in [6, 6.07) is 0.136. The van der Waals surface area contributed by atoms with Gasteiger partial charge in [-0.05, 0) is 38.8 Å². The van der Waals surface area contributed by atoms with E-state index in [1.54, 1.807) is 6.20 Å². The Morgan fingerprint density at radius 1 is 1.36 bits per heavy atom. The van der Waals surface area contributed by atoms with E-state index >= 15 is 0 Å². The van der Waals surface area contributed by atoms with Gasteiger partial charge in [-0.1, -0.05) is 18.5 Å². The van der Waals surface area contributed by atoms with Crippen LogP contribution in [0.4, 0.5) is 4.79 Å². The molecule has 1 aliphatic rings. The molecule has 0 saturated carbocycles. The van der Waals surface area contributed by atoms with Crippen molar-refractivity contribution >= 4 is 17.6 Å². The molecule has 22 heavy (non-hydrogen) atoms. The number of carbonyl (C=O) groups is 1. The summed E-state index contributed by atoms with van der Waals surface area (Å²) >= 11 is 5.90. The lowest BCUT2D eigenvalue weighted by Gasteiger charge is -2.34. The Balaban J connectivity index is 1.68. The monoisotopic (exact) mass is 325 g/mol. The van der Waals surface area contributed by atoms with Gasteiger partial charge >= 0.3 is 6.03 Å². The molecule has 2 amide bonds. The van der Waals surface area contributed by atoms with Crippen LogP contribution in [-0.4, -0.2) is 46.6 Å². The maximum Gasteiger partial charge on any atom is 0.315 e. The fourth-order valence-electron chi connectivity index (χ4n) is 2.53. The van der Waals surface area contributed by atoms with E-state index in [0.29, 0.717) is 23.4 Å². The summed E-state index contributed by atoms with van der Waals surface area (Å²) in [5.74, 6) is 0.816. The lowest BCUT2D eigenvalue weighted by molar-refractivity contribution is 0.145. The molecule has 1 atom stereocenters. The average Bonchev–Trinajstić information content (AvgIpc) is 2.52. The molecule has 1 saturated heterocycles. The van der Waals surface area contributed by atoms with E-state index in [1.807, 2.05) is 0 Å². The van der Waals surface area contributed by atoms with E-state index in [1.165, 1.54) is 19.0 Å². The van der Waals surface area contributed by atoms with Gasteiger partial charge in [0, 0.05) is 25.0 Å². The van der Waals surface area contributed by atoms with Gasteiger partial charge in [0.1, 0.15) is 0 Å². The van der Waals surface area contributed by atoms with Crippen molar-refractivity contribution in [1.82, 2.24) is 25.5 Å². The first kappa shape index (κ1) is 17.0. The fourth-order valence-corrected chi connectivity index (χ4v) is 2.71. The van der Waals surface area contributed by atoms with Crippen LogP contribution in [0.25, 0.3) is 0 Å². The molecule has 0 aromatic carbocycles. The molecule has 0 aliphatic carbocycles. The van der Waals surface area contributed by atoms with Crippen LogP contribution in [0.3, 0.4) is 0 Å². The van der Waals surface area contributed by atoms with Crippen LogP contribution >= 0.6 is 11.6 Å². The second kappa shape index (κ2) is 8.29. The molecule has 1 aromatic rings. The van der Waals surface area contributed by atoms with Crippen molar-refractivity contribution in [1.29, 1.82) is 0 Å². The highest BCUT2D eigenvalue weighted by atomic mass is 35.5. The smallest absolute Gasteiger partial charge is 0.315 e. The predicted molar refractivity (Wildman–Crippen MR) is 86.7 cm³/mol. The van der Waals surface area contributed by atoms with Crippen molar-refractivity contribution in [3.63, 3.8) is 0 Å². The summed E-state index contributed by atoms with van der Waals surface area (Å²) in [4.78, 5) is 22.3. The number of likely N-dealkylation sites (tertiary alicyclic amines) is 1. The Morgan fingerprint density at radius 2 is 2.05 bits per heavy atom. The van der Waals surface area contributed by atoms with Gasteiger partial charge in [-0.15, -0.1) is 0 Å². The Morgan fingerprint density at radius 3 is 2.73 bits per heavy atom. The minimum atomic E-state index is -0.209. The van der Waals surface area contributed by atoms with Crippen molar-refractivity contribution in [3.05, 3.63) is 23.2 Å². The Kier molecular flexibility index (Phi) is 6.39. The standard InChI is InChI=1S/C15H24ClN5O/c1-11-3-7-21(8-4-11)12(2)9-19-15(22)20-10-13-14(16)18-6-5-17-13/h5-6,11-12H,3-4,7-10H2,1-2H3,(H2,19,20,22). The summed E-state index contributed by atoms with van der Waals surface area (Å²) < 4.78 is 0. The largest absolute Gasteiger partial charge is 0.337 e. The number of hydrogen-bond donors (Lipinski definition) is 2. The summed E-state index contributed by atoms with van der Waals surface area (Å²) in [5, 5.41) is 5.97. The van der Waals surface area contributed by atoms with E-state index < -0.39 is 0 Å². The number of nitrogens with zero attached hydrogens (tertiary/aromatic N) is 3. The predicted octanol–water partition coefficient (Wildman–Crippen LogP) is 2.05. The van der Waals surface area contributed by atoms with Gasteiger partial charge in [0.25, 0.3) is 0 Å². The molecule has 1 aromatic heterocycles. The molecular formula is C15H24ClN5O. The molecule has 6 nitrogen and oxygen atoms in total. The zero-order valence-corrected chi connectivity index (χ0v) is 13.9. The van der Waals surface area contributed by atoms with E-state index in [2.05, 4.69) is 39.3 Å². The number of amides is 2. The molecule has 1 unspecified atom stereocenters. The Bertz CT molecular complexity index is 491. The molecule has 2 N–H and O–H groups in total. The maximum absolute atomic E-state index is 11.8. The summed E-state index contributed by atoms with van der Waals surface area (Å²) in [5.41, 5.74) is 0.567. The topological polar surface area (TPSA) is 70.2 Å². The SMILES string of the molecule is CC1CCN(C(C)CNC(=O)NCc2nccnc2Cl)CC1. The number of hydrogen-bond acceptors (Lipinski definition) is 4. The second-order valence-corrected chi connectivity index (χ2v) is 6.28. The van der Waals surface area contributed by atoms with Crippen molar-refractivity contribution < 1.29 is 4.79 Å². The van der Waals surface area contributed by atoms with E-state index in [-0.39, 0.29) is 12.6 Å². The molecule has 7 heteroatoms. The Labute approximate surface area is 136 Å². The van der Waals surface area contributed by atoms with Crippen molar-refractivity contribution in [2.24, 2.45) is 5.92 Å². The minimum absolute atomic E-state index is 0.209. The molecule has 0 radical (unpaired) electrons. The van der Waals surface area contributed by atoms with Crippen LogP contribution in [0.2, 0.25) is 5.15 Å². The van der Waals surface area contributed by atoms with Gasteiger partial charge in [0.05, 0.1) is 12.2 Å². The molecule has 2 heterocycles. The van der Waals surface area contributed by atoms with Crippen LogP contribution in [0.15, 0.2) is 12.4 Å². The van der Waals surface area contributed by atoms with Gasteiger partial charge in [0.15, 0.2) is 5.15 Å². The molecule has 1 fully saturated rings. The zero-order chi connectivity index (χ0) is 15.9. The minimum Gasteiger partial charge on any atom is -0.337 e. The molecule has 122 valence electrons. The van der Waals surface area contributed by atoms with Crippen LogP contribution in [0.5, 0.6) is 0 Å². The number of rotatable bonds is 5. The first-order valence-corrected chi connectivity index (χ1v) is 8.15. The lowest BCUT2D eigenvalue weighted by Crippen LogP contribution is -2.47. The van der Waals surface area contributed by atoms with Crippen molar-refractivity contribution in [3.8, 4) is 0 Å². The highest BCUT2D eigenvalue weighted by molar-refractivity contribution is 6.29. The third kappa shape index (κ3) is 5.10. The van der Waals surface area contributed by atoms with Gasteiger partial charge < -0.3 is 10.6 Å². The van der Waals surface area contributed by atoms with Gasteiger partial charge in [-0.25, -0.2) is 9.78 Å². The normalized spacial score (nSPS) is 18.0. The number of carbonyl (C=O) groups excluding carboxylic acids is 1. The van der Waals surface area contributed by atoms with Gasteiger partial charge in [-0.2, -0.15) is 0 Å². The van der Waals surface area contributed by atoms with Crippen LogP contribution in [0, 0.1) is 5.92 Å². The van der Waals surface area contributed by atoms with E-state index in [4.69, 9.17) is 11.6 Å². The van der Waals surface area contributed by atoms with Gasteiger partial charge in [0.2, 0.25) is 0 Å². The summed E-state index contributed by atoms with van der Waals surface area (Å²) in [6.07, 6.45) is 5.55. The number of urea groups is 1. The Hall–Kier alpha value is -1.40. The zero-order valence-electron chi connectivity index (χ0n) is 13.2. The first-order chi connectivity index (χ1) is 10.6. The number of nitrogens with one attached hydrogen (secondary N) is 2. The molecule has 0 bridgehead atoms. The highest BCUT2D eigenvalue weighted by Gasteiger charge is 2.20. The molecule has 1 aliphatic heterocycles. The highest BCUT2D eigenvalue weighted by Crippen LogP contribution is 2.17. The van der Waals surface area contributed by atoms with Gasteiger partial charge in [-0.3, -0.25) is 9.88 Å². The summed E-state index contributed by atoms with van der Waals surface area (Å²) in [6.45, 7) is 7.57. The van der Waals surface area contributed by atoms with Crippen molar-refractivity contribution in [2.75, 3.05) is 19.6 Å². The van der Waals surface area contributed by atoms with E-state index in [9.17, 15) is 4.79 Å². The molecular weight excluding hydrogens is 302 g/mol. The first-order valence-electron chi connectivity index (χ1n) is 7.77. The third-order valence-electron chi connectivity index (χ3n) is 4.14. The molecule has 0 spiro atoms. The van der Waals surface area contributed by atoms with Crippen LogP contribution in [0.1, 0.15) is 32.4 Å². The quantitative estimate of drug-likeness (QED) is 0.869. The van der Waals surface area contributed by atoms with E-state index in [0.717, 1.165) is 19.0 Å². The fraction of sp³-hybridized carbons (Fsp3) is 0.667. The average molecular weight is 326 g/mol. The number of aromatic nitrogens is 2. The molecule has 2 rings (SSSR count). The van der Waals surface area contributed by atoms with Crippen molar-refractivity contribution in [2.45, 2.75) is 39.3 Å². The van der Waals surface area contributed by atoms with Crippen LogP contribution < -0.4 is 10.6 Å². The number of halogens is 1. The second-order valence-electron chi connectivity index (χ2n) is 5.92. The summed E-state index contributed by atoms with van der Waals surface area (Å²) in [7, 11) is 0. The third-order valence-corrected chi connectivity index (χ3v) is 4.45. The number of piperidine rings is 1. The van der Waals surface area contributed by atoms with Crippen LogP contribution in [-0.2, 0) is 6.54 Å². The maximum atomic E-state index is 11.8.